The molecule has 2 amide bonds. The maximum absolute atomic E-state index is 14.6. The largest absolute Gasteiger partial charge is 0.494 e. The second kappa shape index (κ2) is 11.4. The van der Waals surface area contributed by atoms with Crippen LogP contribution in [0.5, 0.6) is 11.5 Å². The molecular formula is C26H28F2N4O5. The van der Waals surface area contributed by atoms with Gasteiger partial charge in [-0.1, -0.05) is 6.07 Å². The minimum Gasteiger partial charge on any atom is -0.494 e. The highest BCUT2D eigenvalue weighted by Crippen LogP contribution is 2.27. The highest BCUT2D eigenvalue weighted by atomic mass is 19.1. The minimum atomic E-state index is -0.706. The van der Waals surface area contributed by atoms with Gasteiger partial charge in [-0.15, -0.1) is 0 Å². The number of aromatic nitrogens is 2. The number of likely N-dealkylation sites (tertiary alicyclic amines) is 1. The number of nitrogens with zero attached hydrogens (tertiary/aromatic N) is 2. The van der Waals surface area contributed by atoms with Crippen LogP contribution in [-0.2, 0) is 11.3 Å². The number of methoxy groups -OCH3 is 1. The first kappa shape index (κ1) is 26.1. The van der Waals surface area contributed by atoms with Crippen LogP contribution in [0.1, 0.15) is 42.4 Å². The summed E-state index contributed by atoms with van der Waals surface area (Å²) in [4.78, 5) is 45.3. The standard InChI is InChI=1S/C26H28F2N4O5/c1-15(33)32-10-7-16(8-11-32)9-12-37-23-19(28)5-6-20-22(23)25(34)31-24(30-20)26(35)29-14-17-3-4-18(27)21(13-17)36-2/h3-6,13,16H,7-12,14H2,1-2H3,(H,29,35)(H,30,31,34). The molecule has 0 spiro atoms. The summed E-state index contributed by atoms with van der Waals surface area (Å²) in [6.45, 7) is 3.16. The van der Waals surface area contributed by atoms with Crippen LogP contribution >= 0.6 is 0 Å². The van der Waals surface area contributed by atoms with Crippen LogP contribution in [0.4, 0.5) is 8.78 Å². The van der Waals surface area contributed by atoms with E-state index in [1.54, 1.807) is 11.8 Å². The number of H-pyrrole nitrogens is 1. The Kier molecular flexibility index (Phi) is 8.00. The molecule has 0 aliphatic carbocycles. The van der Waals surface area contributed by atoms with E-state index in [2.05, 4.69) is 15.3 Å². The lowest BCUT2D eigenvalue weighted by Crippen LogP contribution is -2.37. The Morgan fingerprint density at radius 1 is 1.16 bits per heavy atom. The Labute approximate surface area is 211 Å². The zero-order chi connectivity index (χ0) is 26.5. The van der Waals surface area contributed by atoms with Gasteiger partial charge in [-0.2, -0.15) is 0 Å². The number of piperidine rings is 1. The van der Waals surface area contributed by atoms with E-state index in [-0.39, 0.29) is 47.3 Å². The second-order valence-electron chi connectivity index (χ2n) is 8.92. The first-order valence-electron chi connectivity index (χ1n) is 12.0. The normalized spacial score (nSPS) is 14.0. The molecule has 1 aliphatic heterocycles. The number of nitrogens with one attached hydrogen (secondary N) is 2. The molecule has 196 valence electrons. The van der Waals surface area contributed by atoms with Gasteiger partial charge in [0.2, 0.25) is 5.91 Å². The zero-order valence-corrected chi connectivity index (χ0v) is 20.6. The number of rotatable bonds is 8. The van der Waals surface area contributed by atoms with E-state index in [1.165, 1.54) is 31.4 Å². The Morgan fingerprint density at radius 3 is 2.59 bits per heavy atom. The zero-order valence-electron chi connectivity index (χ0n) is 20.6. The summed E-state index contributed by atoms with van der Waals surface area (Å²) >= 11 is 0. The van der Waals surface area contributed by atoms with E-state index in [9.17, 15) is 23.2 Å². The quantitative estimate of drug-likeness (QED) is 0.478. The number of hydrogen-bond donors (Lipinski definition) is 2. The van der Waals surface area contributed by atoms with E-state index in [0.717, 1.165) is 18.9 Å². The third-order valence-corrected chi connectivity index (χ3v) is 6.49. The SMILES string of the molecule is COc1cc(CNC(=O)c2nc3ccc(F)c(OCCC4CCN(C(C)=O)CC4)c3c(=O)[nH]2)ccc1F. The van der Waals surface area contributed by atoms with Crippen molar-refractivity contribution in [3.05, 3.63) is 63.7 Å². The molecule has 3 aromatic rings. The first-order valence-corrected chi connectivity index (χ1v) is 12.0. The number of halogens is 2. The van der Waals surface area contributed by atoms with Gasteiger partial charge in [0.25, 0.3) is 11.5 Å². The number of benzene rings is 2. The molecule has 0 saturated carbocycles. The molecule has 1 aliphatic rings. The van der Waals surface area contributed by atoms with E-state index in [0.29, 0.717) is 31.0 Å². The lowest BCUT2D eigenvalue weighted by molar-refractivity contribution is -0.130. The molecule has 4 rings (SSSR count). The fourth-order valence-electron chi connectivity index (χ4n) is 4.37. The third-order valence-electron chi connectivity index (χ3n) is 6.49. The van der Waals surface area contributed by atoms with Gasteiger partial charge in [0.05, 0.1) is 19.2 Å². The summed E-state index contributed by atoms with van der Waals surface area (Å²) in [5.41, 5.74) is -0.00848. The second-order valence-corrected chi connectivity index (χ2v) is 8.92. The van der Waals surface area contributed by atoms with Gasteiger partial charge in [-0.25, -0.2) is 13.8 Å². The lowest BCUT2D eigenvalue weighted by Gasteiger charge is -2.31. The number of ether oxygens (including phenoxy) is 2. The predicted octanol–water partition coefficient (Wildman–Crippen LogP) is 3.17. The molecular weight excluding hydrogens is 486 g/mol. The molecule has 1 aromatic heterocycles. The summed E-state index contributed by atoms with van der Waals surface area (Å²) in [7, 11) is 1.34. The van der Waals surface area contributed by atoms with Crippen molar-refractivity contribution in [2.75, 3.05) is 26.8 Å². The molecule has 1 saturated heterocycles. The van der Waals surface area contributed by atoms with Gasteiger partial charge in [-0.3, -0.25) is 14.4 Å². The fraction of sp³-hybridized carbons (Fsp3) is 0.385. The van der Waals surface area contributed by atoms with Gasteiger partial charge in [-0.05, 0) is 55.0 Å². The molecule has 2 aromatic carbocycles. The Balaban J connectivity index is 1.43. The van der Waals surface area contributed by atoms with Crippen molar-refractivity contribution in [1.29, 1.82) is 0 Å². The number of amides is 2. The Morgan fingerprint density at radius 2 is 1.89 bits per heavy atom. The monoisotopic (exact) mass is 514 g/mol. The maximum Gasteiger partial charge on any atom is 0.287 e. The highest BCUT2D eigenvalue weighted by Gasteiger charge is 2.22. The molecule has 37 heavy (non-hydrogen) atoms. The predicted molar refractivity (Wildman–Crippen MR) is 132 cm³/mol. The summed E-state index contributed by atoms with van der Waals surface area (Å²) < 4.78 is 38.8. The molecule has 0 unspecified atom stereocenters. The van der Waals surface area contributed by atoms with Crippen molar-refractivity contribution < 1.29 is 27.8 Å². The highest BCUT2D eigenvalue weighted by molar-refractivity contribution is 5.93. The number of carbonyl (C=O) groups is 2. The lowest BCUT2D eigenvalue weighted by atomic mass is 9.94. The van der Waals surface area contributed by atoms with Crippen LogP contribution in [0.3, 0.4) is 0 Å². The number of aromatic amines is 1. The number of hydrogen-bond acceptors (Lipinski definition) is 6. The molecule has 11 heteroatoms. The van der Waals surface area contributed by atoms with Crippen molar-refractivity contribution in [2.24, 2.45) is 5.92 Å². The van der Waals surface area contributed by atoms with E-state index in [1.807, 2.05) is 0 Å². The smallest absolute Gasteiger partial charge is 0.287 e. The van der Waals surface area contributed by atoms with Crippen LogP contribution in [-0.4, -0.2) is 53.5 Å². The van der Waals surface area contributed by atoms with Crippen molar-refractivity contribution in [3.63, 3.8) is 0 Å². The molecule has 0 radical (unpaired) electrons. The summed E-state index contributed by atoms with van der Waals surface area (Å²) in [6.07, 6.45) is 2.33. The topological polar surface area (TPSA) is 114 Å². The van der Waals surface area contributed by atoms with Crippen LogP contribution in [0.25, 0.3) is 10.9 Å². The van der Waals surface area contributed by atoms with Crippen LogP contribution in [0, 0.1) is 17.6 Å². The Bertz CT molecular complexity index is 1370. The first-order chi connectivity index (χ1) is 17.8. The van der Waals surface area contributed by atoms with Gasteiger partial charge >= 0.3 is 0 Å². The number of fused-ring (bicyclic) bond motifs is 1. The summed E-state index contributed by atoms with van der Waals surface area (Å²) in [5.74, 6) is -1.91. The molecule has 1 fully saturated rings. The van der Waals surface area contributed by atoms with Crippen LogP contribution in [0.2, 0.25) is 0 Å². The van der Waals surface area contributed by atoms with Gasteiger partial charge in [0.1, 0.15) is 5.39 Å². The van der Waals surface area contributed by atoms with Crippen molar-refractivity contribution in [1.82, 2.24) is 20.2 Å². The van der Waals surface area contributed by atoms with E-state index >= 15 is 0 Å². The van der Waals surface area contributed by atoms with Gasteiger partial charge < -0.3 is 24.7 Å². The van der Waals surface area contributed by atoms with Gasteiger partial charge in [0, 0.05) is 26.6 Å². The van der Waals surface area contributed by atoms with Crippen LogP contribution < -0.4 is 20.3 Å². The van der Waals surface area contributed by atoms with Crippen molar-refractivity contribution in [3.8, 4) is 11.5 Å². The third kappa shape index (κ3) is 6.04. The molecule has 9 nitrogen and oxygen atoms in total. The fourth-order valence-corrected chi connectivity index (χ4v) is 4.37. The van der Waals surface area contributed by atoms with E-state index < -0.39 is 23.1 Å². The number of carbonyl (C=O) groups excluding carboxylic acids is 2. The molecule has 0 atom stereocenters. The molecule has 2 heterocycles. The van der Waals surface area contributed by atoms with Crippen molar-refractivity contribution >= 4 is 22.7 Å². The average Bonchev–Trinajstić information content (AvgIpc) is 2.89. The maximum atomic E-state index is 14.6. The minimum absolute atomic E-state index is 0.0417. The molecule has 0 bridgehead atoms. The van der Waals surface area contributed by atoms with Crippen molar-refractivity contribution in [2.45, 2.75) is 32.7 Å². The van der Waals surface area contributed by atoms with Gasteiger partial charge in [0.15, 0.2) is 29.0 Å². The summed E-state index contributed by atoms with van der Waals surface area (Å²) in [6, 6.07) is 6.62. The summed E-state index contributed by atoms with van der Waals surface area (Å²) in [5, 5.41) is 2.53. The van der Waals surface area contributed by atoms with E-state index in [4.69, 9.17) is 9.47 Å². The Hall–Kier alpha value is -4.02. The molecule has 2 N–H and O–H groups in total. The van der Waals surface area contributed by atoms with Crippen LogP contribution in [0.15, 0.2) is 35.1 Å². The average molecular weight is 515 g/mol.